The van der Waals surface area contributed by atoms with Crippen LogP contribution in [0.5, 0.6) is 5.75 Å². The molecule has 1 amide bonds. The average molecular weight is 395 g/mol. The zero-order valence-electron chi connectivity index (χ0n) is 16.7. The van der Waals surface area contributed by atoms with Gasteiger partial charge in [-0.05, 0) is 37.8 Å². The topological polar surface area (TPSA) is 93.4 Å². The van der Waals surface area contributed by atoms with Crippen LogP contribution >= 0.6 is 0 Å². The van der Waals surface area contributed by atoms with Crippen molar-refractivity contribution in [2.24, 2.45) is 5.92 Å². The van der Waals surface area contributed by atoms with Crippen LogP contribution in [0.2, 0.25) is 0 Å². The van der Waals surface area contributed by atoms with E-state index < -0.39 is 0 Å². The fourth-order valence-electron chi connectivity index (χ4n) is 3.60. The van der Waals surface area contributed by atoms with E-state index in [1.807, 2.05) is 25.1 Å². The summed E-state index contributed by atoms with van der Waals surface area (Å²) in [6.45, 7) is 3.91. The molecule has 0 spiro atoms. The Kier molecular flexibility index (Phi) is 5.59. The third kappa shape index (κ3) is 4.64. The molecule has 8 nitrogen and oxygen atoms in total. The van der Waals surface area contributed by atoms with E-state index in [0.29, 0.717) is 19.0 Å². The third-order valence-electron chi connectivity index (χ3n) is 5.15. The molecule has 1 aromatic carbocycles. The van der Waals surface area contributed by atoms with Crippen LogP contribution in [0.15, 0.2) is 35.0 Å². The number of nitrogens with one attached hydrogen (secondary N) is 1. The number of aryl methyl sites for hydroxylation is 1. The van der Waals surface area contributed by atoms with Crippen molar-refractivity contribution in [1.29, 1.82) is 0 Å². The normalized spacial score (nSPS) is 16.8. The second kappa shape index (κ2) is 8.46. The van der Waals surface area contributed by atoms with Gasteiger partial charge in [-0.2, -0.15) is 4.98 Å². The number of nitrogens with zero attached hydrogens (tertiary/aromatic N) is 4. The molecule has 8 heteroatoms. The quantitative estimate of drug-likeness (QED) is 0.686. The molecule has 0 aliphatic carbocycles. The molecule has 1 aliphatic heterocycles. The Morgan fingerprint density at radius 2 is 2.24 bits per heavy atom. The second-order valence-corrected chi connectivity index (χ2v) is 7.41. The Morgan fingerprint density at radius 3 is 3.03 bits per heavy atom. The number of aromatic nitrogens is 3. The fourth-order valence-corrected chi connectivity index (χ4v) is 3.60. The smallest absolute Gasteiger partial charge is 0.298 e. The van der Waals surface area contributed by atoms with Gasteiger partial charge in [-0.1, -0.05) is 0 Å². The Bertz CT molecular complexity index is 986. The first-order valence-corrected chi connectivity index (χ1v) is 9.84. The van der Waals surface area contributed by atoms with E-state index in [1.165, 1.54) is 0 Å². The predicted octanol–water partition coefficient (Wildman–Crippen LogP) is 2.86. The summed E-state index contributed by atoms with van der Waals surface area (Å²) in [4.78, 5) is 27.6. The lowest BCUT2D eigenvalue weighted by Crippen LogP contribution is -2.38. The van der Waals surface area contributed by atoms with Crippen molar-refractivity contribution >= 4 is 23.0 Å². The van der Waals surface area contributed by atoms with E-state index in [2.05, 4.69) is 25.2 Å². The molecule has 0 radical (unpaired) electrons. The lowest BCUT2D eigenvalue weighted by Gasteiger charge is -2.31. The number of hydrogen-bond acceptors (Lipinski definition) is 7. The number of anilines is 1. The number of rotatable bonds is 6. The lowest BCUT2D eigenvalue weighted by molar-refractivity contribution is -0.122. The maximum Gasteiger partial charge on any atom is 0.298 e. The summed E-state index contributed by atoms with van der Waals surface area (Å²) in [5, 5.41) is 2.94. The Hall–Kier alpha value is -3.16. The molecule has 1 fully saturated rings. The van der Waals surface area contributed by atoms with Crippen LogP contribution in [0.4, 0.5) is 6.01 Å². The van der Waals surface area contributed by atoms with Gasteiger partial charge in [0.25, 0.3) is 6.01 Å². The fraction of sp³-hybridized carbons (Fsp3) is 0.429. The molecule has 1 atom stereocenters. The molecule has 0 saturated carbocycles. The number of ether oxygens (including phenoxy) is 1. The highest BCUT2D eigenvalue weighted by Gasteiger charge is 2.25. The third-order valence-corrected chi connectivity index (χ3v) is 5.15. The molecule has 0 bridgehead atoms. The molecule has 29 heavy (non-hydrogen) atoms. The first-order chi connectivity index (χ1) is 14.1. The summed E-state index contributed by atoms with van der Waals surface area (Å²) >= 11 is 0. The summed E-state index contributed by atoms with van der Waals surface area (Å²) in [5.41, 5.74) is 3.13. The van der Waals surface area contributed by atoms with Crippen LogP contribution in [-0.2, 0) is 11.3 Å². The number of hydrogen-bond donors (Lipinski definition) is 1. The van der Waals surface area contributed by atoms with Crippen LogP contribution < -0.4 is 15.0 Å². The van der Waals surface area contributed by atoms with Gasteiger partial charge in [0.05, 0.1) is 31.2 Å². The van der Waals surface area contributed by atoms with Gasteiger partial charge >= 0.3 is 0 Å². The second-order valence-electron chi connectivity index (χ2n) is 7.41. The zero-order valence-corrected chi connectivity index (χ0v) is 16.7. The van der Waals surface area contributed by atoms with Crippen molar-refractivity contribution < 1.29 is 13.9 Å². The van der Waals surface area contributed by atoms with Crippen molar-refractivity contribution in [3.63, 3.8) is 0 Å². The minimum absolute atomic E-state index is 0.0292. The van der Waals surface area contributed by atoms with Crippen molar-refractivity contribution in [2.75, 3.05) is 25.1 Å². The summed E-state index contributed by atoms with van der Waals surface area (Å²) in [5.74, 6) is 1.04. The summed E-state index contributed by atoms with van der Waals surface area (Å²) in [7, 11) is 1.63. The molecular formula is C21H25N5O3. The predicted molar refractivity (Wildman–Crippen MR) is 109 cm³/mol. The van der Waals surface area contributed by atoms with Crippen LogP contribution in [0.3, 0.4) is 0 Å². The number of methoxy groups -OCH3 is 1. The van der Waals surface area contributed by atoms with E-state index in [9.17, 15) is 4.79 Å². The molecule has 4 rings (SSSR count). The average Bonchev–Trinajstić information content (AvgIpc) is 3.17. The standard InChI is InChI=1S/C21H25N5O3/c1-14-10-23-16(11-22-14)12-24-20(27)8-15-4-3-7-26(13-15)21-25-18-9-17(28-2)5-6-19(18)29-21/h5-6,9-11,15H,3-4,7-8,12-13H2,1-2H3,(H,24,27). The van der Waals surface area contributed by atoms with Gasteiger partial charge in [0, 0.05) is 31.8 Å². The highest BCUT2D eigenvalue weighted by Crippen LogP contribution is 2.29. The van der Waals surface area contributed by atoms with E-state index >= 15 is 0 Å². The SMILES string of the molecule is COc1ccc2oc(N3CCCC(CC(=O)NCc4cnc(C)cn4)C3)nc2c1. The van der Waals surface area contributed by atoms with Gasteiger partial charge < -0.3 is 19.4 Å². The number of carbonyl (C=O) groups excluding carboxylic acids is 1. The molecule has 2 aromatic heterocycles. The van der Waals surface area contributed by atoms with Crippen molar-refractivity contribution in [3.8, 4) is 5.75 Å². The summed E-state index contributed by atoms with van der Waals surface area (Å²) < 4.78 is 11.2. The monoisotopic (exact) mass is 395 g/mol. The first-order valence-electron chi connectivity index (χ1n) is 9.84. The Balaban J connectivity index is 1.34. The van der Waals surface area contributed by atoms with Crippen LogP contribution in [-0.4, -0.2) is 41.1 Å². The van der Waals surface area contributed by atoms with Crippen LogP contribution in [0, 0.1) is 12.8 Å². The largest absolute Gasteiger partial charge is 0.497 e. The molecule has 3 heterocycles. The molecule has 1 N–H and O–H groups in total. The lowest BCUT2D eigenvalue weighted by atomic mass is 9.94. The Labute approximate surface area is 169 Å². The Morgan fingerprint density at radius 1 is 1.34 bits per heavy atom. The first kappa shape index (κ1) is 19.2. The number of carbonyl (C=O) groups is 1. The maximum absolute atomic E-state index is 12.4. The highest BCUT2D eigenvalue weighted by molar-refractivity contribution is 5.77. The summed E-state index contributed by atoms with van der Waals surface area (Å²) in [6, 6.07) is 6.20. The highest BCUT2D eigenvalue weighted by atomic mass is 16.5. The minimum Gasteiger partial charge on any atom is -0.497 e. The number of fused-ring (bicyclic) bond motifs is 1. The van der Waals surface area contributed by atoms with Crippen molar-refractivity contribution in [3.05, 3.63) is 42.0 Å². The van der Waals surface area contributed by atoms with E-state index in [0.717, 1.165) is 54.2 Å². The van der Waals surface area contributed by atoms with Crippen LogP contribution in [0.1, 0.15) is 30.7 Å². The van der Waals surface area contributed by atoms with Gasteiger partial charge in [-0.15, -0.1) is 0 Å². The van der Waals surface area contributed by atoms with E-state index in [4.69, 9.17) is 9.15 Å². The number of oxazole rings is 1. The van der Waals surface area contributed by atoms with Crippen LogP contribution in [0.25, 0.3) is 11.1 Å². The molecular weight excluding hydrogens is 370 g/mol. The van der Waals surface area contributed by atoms with Gasteiger partial charge in [0.1, 0.15) is 11.3 Å². The molecule has 1 unspecified atom stereocenters. The minimum atomic E-state index is 0.0292. The summed E-state index contributed by atoms with van der Waals surface area (Å²) in [6.07, 6.45) is 5.90. The number of amides is 1. The van der Waals surface area contributed by atoms with Crippen molar-refractivity contribution in [1.82, 2.24) is 20.3 Å². The van der Waals surface area contributed by atoms with E-state index in [1.54, 1.807) is 19.5 Å². The molecule has 152 valence electrons. The number of benzene rings is 1. The van der Waals surface area contributed by atoms with Gasteiger partial charge in [-0.25, -0.2) is 0 Å². The van der Waals surface area contributed by atoms with Gasteiger partial charge in [-0.3, -0.25) is 14.8 Å². The van der Waals surface area contributed by atoms with Gasteiger partial charge in [0.2, 0.25) is 5.91 Å². The molecule has 1 saturated heterocycles. The maximum atomic E-state index is 12.4. The number of piperidine rings is 1. The van der Waals surface area contributed by atoms with Crippen molar-refractivity contribution in [2.45, 2.75) is 32.7 Å². The zero-order chi connectivity index (χ0) is 20.2. The molecule has 1 aliphatic rings. The van der Waals surface area contributed by atoms with Gasteiger partial charge in [0.15, 0.2) is 5.58 Å². The molecule has 3 aromatic rings. The van der Waals surface area contributed by atoms with E-state index in [-0.39, 0.29) is 11.8 Å².